The standard InChI is InChI=1S/C31H44N2O10.C21H28O5.2ClH/c1-36-24-18-22(19-25(37-2)28(24)40-5)30(34)42-16-8-12-32-10-7-11-33(15-14-32)13-9-17-43-31(35)23-20-26(38-3)29(41-6)27(21-23)39-4;1-19-7-5-13(23)9-12(19)3-4-14-15-6-8-21(26,17(25)11-22)20(15,2)10-16(24)18(14)19;;/h18-21H,7-17H2,1-6H3;5,7,9,14-16,18,22,24,26H,3-4,6,8,10-11H2,1-2H3;2*1H/t;14-,15-,16-,18+,19-,20-,21-;;/m.0../s1. The van der Waals surface area contributed by atoms with E-state index in [0.29, 0.717) is 71.7 Å². The van der Waals surface area contributed by atoms with Gasteiger partial charge in [0.05, 0.1) is 73.1 Å². The molecule has 71 heavy (non-hydrogen) atoms. The average Bonchev–Trinajstić information content (AvgIpc) is 3.46. The van der Waals surface area contributed by atoms with Crippen molar-refractivity contribution in [2.75, 3.05) is 102 Å². The van der Waals surface area contributed by atoms with Gasteiger partial charge >= 0.3 is 11.9 Å². The van der Waals surface area contributed by atoms with E-state index in [1.807, 2.05) is 13.0 Å². The first-order valence-corrected chi connectivity index (χ1v) is 23.9. The highest BCUT2D eigenvalue weighted by Crippen LogP contribution is 2.67. The molecular weight excluding hydrogens is 963 g/mol. The molecule has 4 fully saturated rings. The van der Waals surface area contributed by atoms with Gasteiger partial charge in [-0.3, -0.25) is 9.59 Å². The number of hydrogen-bond acceptors (Lipinski definition) is 17. The van der Waals surface area contributed by atoms with Crippen molar-refractivity contribution in [3.63, 3.8) is 0 Å². The van der Waals surface area contributed by atoms with Crippen molar-refractivity contribution in [2.24, 2.45) is 28.6 Å². The Labute approximate surface area is 429 Å². The van der Waals surface area contributed by atoms with Crippen LogP contribution in [0, 0.1) is 28.6 Å². The Hall–Kier alpha value is -4.62. The van der Waals surface area contributed by atoms with Gasteiger partial charge in [0.2, 0.25) is 11.5 Å². The normalized spacial score (nSPS) is 26.7. The van der Waals surface area contributed by atoms with Gasteiger partial charge in [-0.2, -0.15) is 0 Å². The molecule has 0 radical (unpaired) electrons. The van der Waals surface area contributed by atoms with Crippen LogP contribution >= 0.6 is 24.8 Å². The first-order chi connectivity index (χ1) is 33.0. The second kappa shape index (κ2) is 25.9. The first-order valence-electron chi connectivity index (χ1n) is 23.9. The lowest BCUT2D eigenvalue weighted by Crippen LogP contribution is -2.61. The quantitative estimate of drug-likeness (QED) is 0.117. The molecule has 7 atom stereocenters. The molecule has 0 unspecified atom stereocenters. The maximum Gasteiger partial charge on any atom is 0.338 e. The maximum atomic E-state index is 12.6. The highest BCUT2D eigenvalue weighted by Gasteiger charge is 2.68. The number of aliphatic hydroxyl groups is 3. The molecule has 1 saturated heterocycles. The molecule has 0 amide bonds. The number of Topliss-reactive ketones (excluding diaryl/α,β-unsaturated/α-hetero) is 1. The van der Waals surface area contributed by atoms with Crippen LogP contribution in [0.15, 0.2) is 48.1 Å². The summed E-state index contributed by atoms with van der Waals surface area (Å²) < 4.78 is 42.9. The van der Waals surface area contributed by atoms with Gasteiger partial charge in [-0.05, 0) is 113 Å². The summed E-state index contributed by atoms with van der Waals surface area (Å²) in [4.78, 5) is 54.2. The van der Waals surface area contributed by atoms with Crippen molar-refractivity contribution in [3.8, 4) is 34.5 Å². The number of ketones is 2. The topological polar surface area (TPSA) is 209 Å². The number of carbonyl (C=O) groups excluding carboxylic acids is 4. The number of ether oxygens (including phenoxy) is 8. The van der Waals surface area contributed by atoms with E-state index in [-0.39, 0.29) is 53.8 Å². The maximum absolute atomic E-state index is 12.6. The third-order valence-corrected chi connectivity index (χ3v) is 15.4. The van der Waals surface area contributed by atoms with E-state index in [0.717, 1.165) is 83.4 Å². The van der Waals surface area contributed by atoms with E-state index in [1.54, 1.807) is 36.4 Å². The van der Waals surface area contributed by atoms with Crippen LogP contribution in [-0.4, -0.2) is 162 Å². The van der Waals surface area contributed by atoms with Crippen LogP contribution in [0.2, 0.25) is 0 Å². The number of rotatable bonds is 18. The molecule has 1 heterocycles. The number of aliphatic hydroxyl groups excluding tert-OH is 2. The van der Waals surface area contributed by atoms with Crippen LogP contribution in [-0.2, 0) is 19.1 Å². The zero-order valence-corrected chi connectivity index (χ0v) is 44.0. The molecule has 3 saturated carbocycles. The van der Waals surface area contributed by atoms with Crippen LogP contribution in [0.1, 0.15) is 85.9 Å². The summed E-state index contributed by atoms with van der Waals surface area (Å²) in [6, 6.07) is 6.34. The van der Waals surface area contributed by atoms with Crippen LogP contribution in [0.25, 0.3) is 0 Å². The van der Waals surface area contributed by atoms with Crippen molar-refractivity contribution in [3.05, 3.63) is 59.2 Å². The lowest BCUT2D eigenvalue weighted by molar-refractivity contribution is -0.178. The predicted octanol–water partition coefficient (Wildman–Crippen LogP) is 5.94. The van der Waals surface area contributed by atoms with Crippen LogP contribution in [0.4, 0.5) is 0 Å². The highest BCUT2D eigenvalue weighted by molar-refractivity contribution is 6.01. The van der Waals surface area contributed by atoms with Crippen LogP contribution < -0.4 is 28.4 Å². The molecule has 4 aliphatic carbocycles. The Balaban J connectivity index is 0.000000333. The number of hydrogen-bond donors (Lipinski definition) is 3. The second-order valence-corrected chi connectivity index (χ2v) is 19.0. The Morgan fingerprint density at radius 3 is 1.63 bits per heavy atom. The molecule has 1 aliphatic heterocycles. The minimum absolute atomic E-state index is 0. The van der Waals surface area contributed by atoms with Gasteiger partial charge in [-0.1, -0.05) is 25.5 Å². The second-order valence-electron chi connectivity index (χ2n) is 19.0. The Kier molecular flexibility index (Phi) is 21.5. The summed E-state index contributed by atoms with van der Waals surface area (Å²) in [5.41, 5.74) is -0.858. The van der Waals surface area contributed by atoms with Crippen LogP contribution in [0.3, 0.4) is 0 Å². The van der Waals surface area contributed by atoms with Crippen molar-refractivity contribution < 1.29 is 72.4 Å². The molecule has 2 aromatic carbocycles. The number of carbonyl (C=O) groups is 4. The van der Waals surface area contributed by atoms with E-state index in [4.69, 9.17) is 37.9 Å². The van der Waals surface area contributed by atoms with E-state index < -0.39 is 41.4 Å². The van der Waals surface area contributed by atoms with E-state index in [9.17, 15) is 34.5 Å². The molecular formula is C52H74Cl2N2O15. The summed E-state index contributed by atoms with van der Waals surface area (Å²) in [5.74, 6) is 1.36. The third kappa shape index (κ3) is 12.4. The number of fused-ring (bicyclic) bond motifs is 5. The Morgan fingerprint density at radius 1 is 0.718 bits per heavy atom. The van der Waals surface area contributed by atoms with Crippen molar-refractivity contribution in [1.82, 2.24) is 9.80 Å². The molecule has 7 rings (SSSR count). The lowest BCUT2D eigenvalue weighted by atomic mass is 9.46. The molecule has 396 valence electrons. The predicted molar refractivity (Wildman–Crippen MR) is 269 cm³/mol. The van der Waals surface area contributed by atoms with Crippen molar-refractivity contribution >= 4 is 48.3 Å². The number of halogens is 2. The van der Waals surface area contributed by atoms with Crippen molar-refractivity contribution in [2.45, 2.75) is 76.9 Å². The first kappa shape index (κ1) is 58.9. The smallest absolute Gasteiger partial charge is 0.338 e. The summed E-state index contributed by atoms with van der Waals surface area (Å²) in [6.07, 6.45) is 10.2. The molecule has 17 nitrogen and oxygen atoms in total. The fourth-order valence-corrected chi connectivity index (χ4v) is 11.9. The molecule has 2 aromatic rings. The van der Waals surface area contributed by atoms with Gasteiger partial charge in [0, 0.05) is 42.9 Å². The number of esters is 2. The van der Waals surface area contributed by atoms with Gasteiger partial charge in [-0.15, -0.1) is 24.8 Å². The van der Waals surface area contributed by atoms with Gasteiger partial charge in [-0.25, -0.2) is 9.59 Å². The minimum atomic E-state index is -1.56. The minimum Gasteiger partial charge on any atom is -0.493 e. The summed E-state index contributed by atoms with van der Waals surface area (Å²) in [5, 5.41) is 31.7. The number of methoxy groups -OCH3 is 6. The number of nitrogens with zero attached hydrogens (tertiary/aromatic N) is 2. The van der Waals surface area contributed by atoms with E-state index >= 15 is 0 Å². The lowest BCUT2D eigenvalue weighted by Gasteiger charge is -2.59. The van der Waals surface area contributed by atoms with Gasteiger partial charge in [0.15, 0.2) is 34.6 Å². The molecule has 3 N–H and O–H groups in total. The largest absolute Gasteiger partial charge is 0.493 e. The van der Waals surface area contributed by atoms with E-state index in [2.05, 4.69) is 16.7 Å². The van der Waals surface area contributed by atoms with Gasteiger partial charge < -0.3 is 63.0 Å². The molecule has 0 aromatic heterocycles. The summed E-state index contributed by atoms with van der Waals surface area (Å²) in [7, 11) is 9.04. The zero-order chi connectivity index (χ0) is 50.1. The zero-order valence-electron chi connectivity index (χ0n) is 42.3. The summed E-state index contributed by atoms with van der Waals surface area (Å²) >= 11 is 0. The Morgan fingerprint density at radius 2 is 1.20 bits per heavy atom. The molecule has 0 spiro atoms. The number of allylic oxidation sites excluding steroid dienone is 4. The van der Waals surface area contributed by atoms with E-state index in [1.165, 1.54) is 42.7 Å². The van der Waals surface area contributed by atoms with Crippen LogP contribution in [0.5, 0.6) is 34.5 Å². The number of benzene rings is 2. The molecule has 19 heteroatoms. The summed E-state index contributed by atoms with van der Waals surface area (Å²) in [6.45, 7) is 9.44. The SMILES string of the molecule is COc1cc(C(=O)OCCCN2CCCN(CCCOC(=O)c3cc(OC)c(OC)c(OC)c3)CC2)cc(OC)c1OC.C[C@]12C=CC(=O)C=C1CC[C@@H]1[C@@H]2[C@@H](O)C[C@@]2(C)[C@H]1CC[C@]2(O)C(=O)CO.Cl.Cl. The van der Waals surface area contributed by atoms with Gasteiger partial charge in [0.1, 0.15) is 12.2 Å². The fourth-order valence-electron chi connectivity index (χ4n) is 11.9. The molecule has 5 aliphatic rings. The third-order valence-electron chi connectivity index (χ3n) is 15.4. The monoisotopic (exact) mass is 1040 g/mol. The molecule has 0 bridgehead atoms. The van der Waals surface area contributed by atoms with Crippen molar-refractivity contribution in [1.29, 1.82) is 0 Å². The average molecular weight is 1040 g/mol. The van der Waals surface area contributed by atoms with Gasteiger partial charge in [0.25, 0.3) is 0 Å². The highest BCUT2D eigenvalue weighted by atomic mass is 35.5. The fraction of sp³-hybridized carbons (Fsp3) is 0.615. The Bertz CT molecular complexity index is 2100.